The van der Waals surface area contributed by atoms with Crippen LogP contribution in [-0.2, 0) is 11.8 Å². The number of tetrazole rings is 1. The van der Waals surface area contributed by atoms with E-state index in [1.54, 1.807) is 25.2 Å². The van der Waals surface area contributed by atoms with E-state index in [4.69, 9.17) is 4.74 Å². The Bertz CT molecular complexity index is 1040. The standard InChI is InChI=1S/C18H16F2N6O3/c1-25-23-17(22-24-25)14-5-2-10(8-21-14)12-4-3-11(6-13(12)20)26-9-16(15(27)7-19)29-18(26)28/h2-6,8,15-16,27H,7,9H2,1H3/t15?,16-/m1/s1. The van der Waals surface area contributed by atoms with Crippen molar-refractivity contribution in [3.63, 3.8) is 0 Å². The number of carbonyl (C=O) groups excluding carboxylic acids is 1. The number of pyridine rings is 1. The van der Waals surface area contributed by atoms with Gasteiger partial charge in [0.25, 0.3) is 0 Å². The molecule has 11 heteroatoms. The van der Waals surface area contributed by atoms with Crippen molar-refractivity contribution in [1.29, 1.82) is 0 Å². The minimum atomic E-state index is -1.42. The van der Waals surface area contributed by atoms with Crippen molar-refractivity contribution in [2.75, 3.05) is 18.1 Å². The van der Waals surface area contributed by atoms with Crippen LogP contribution < -0.4 is 4.90 Å². The Balaban J connectivity index is 1.55. The van der Waals surface area contributed by atoms with Gasteiger partial charge < -0.3 is 9.84 Å². The lowest BCUT2D eigenvalue weighted by atomic mass is 10.1. The van der Waals surface area contributed by atoms with Crippen LogP contribution in [0.15, 0.2) is 36.5 Å². The average molecular weight is 402 g/mol. The molecule has 4 rings (SSSR count). The molecule has 3 aromatic rings. The van der Waals surface area contributed by atoms with Crippen molar-refractivity contribution >= 4 is 11.8 Å². The highest BCUT2D eigenvalue weighted by Crippen LogP contribution is 2.30. The highest BCUT2D eigenvalue weighted by atomic mass is 19.1. The quantitative estimate of drug-likeness (QED) is 0.693. The Kier molecular flexibility index (Phi) is 4.89. The molecule has 1 amide bonds. The maximum atomic E-state index is 14.7. The SMILES string of the molecule is Cn1nnc(-c2ccc(-c3ccc(N4C[C@H](C(O)CF)OC4=O)cc3F)cn2)n1. The molecule has 0 saturated carbocycles. The molecule has 0 bridgehead atoms. The first-order chi connectivity index (χ1) is 14.0. The van der Waals surface area contributed by atoms with Gasteiger partial charge in [0, 0.05) is 17.3 Å². The number of carbonyl (C=O) groups is 1. The van der Waals surface area contributed by atoms with Crippen molar-refractivity contribution in [3.8, 4) is 22.6 Å². The minimum absolute atomic E-state index is 0.0654. The van der Waals surface area contributed by atoms with Crippen LogP contribution in [0.1, 0.15) is 0 Å². The lowest BCUT2D eigenvalue weighted by molar-refractivity contribution is 0.0188. The summed E-state index contributed by atoms with van der Waals surface area (Å²) in [6, 6.07) is 7.56. The molecule has 1 N–H and O–H groups in total. The van der Waals surface area contributed by atoms with Crippen LogP contribution in [0.3, 0.4) is 0 Å². The van der Waals surface area contributed by atoms with Gasteiger partial charge in [0.05, 0.1) is 19.3 Å². The van der Waals surface area contributed by atoms with E-state index in [0.29, 0.717) is 17.1 Å². The average Bonchev–Trinajstić information content (AvgIpc) is 3.33. The Hall–Kier alpha value is -3.47. The van der Waals surface area contributed by atoms with E-state index in [1.807, 2.05) is 0 Å². The third-order valence-electron chi connectivity index (χ3n) is 4.50. The largest absolute Gasteiger partial charge is 0.441 e. The number of benzene rings is 1. The third kappa shape index (κ3) is 3.63. The summed E-state index contributed by atoms with van der Waals surface area (Å²) in [6.45, 7) is -1.10. The number of ether oxygens (including phenoxy) is 1. The predicted molar refractivity (Wildman–Crippen MR) is 97.0 cm³/mol. The molecule has 1 fully saturated rings. The van der Waals surface area contributed by atoms with Crippen LogP contribution >= 0.6 is 0 Å². The second kappa shape index (κ2) is 7.51. The first-order valence-corrected chi connectivity index (χ1v) is 8.69. The smallest absolute Gasteiger partial charge is 0.414 e. The van der Waals surface area contributed by atoms with Crippen LogP contribution in [0.2, 0.25) is 0 Å². The molecular formula is C18H16F2N6O3. The number of aliphatic hydroxyl groups is 1. The van der Waals surface area contributed by atoms with Gasteiger partial charge in [-0.05, 0) is 29.5 Å². The van der Waals surface area contributed by atoms with Crippen molar-refractivity contribution in [3.05, 3.63) is 42.3 Å². The van der Waals surface area contributed by atoms with E-state index in [-0.39, 0.29) is 17.8 Å². The van der Waals surface area contributed by atoms with Crippen LogP contribution in [0.5, 0.6) is 0 Å². The van der Waals surface area contributed by atoms with Gasteiger partial charge in [-0.3, -0.25) is 9.88 Å². The Labute approximate surface area is 163 Å². The molecule has 2 atom stereocenters. The van der Waals surface area contributed by atoms with E-state index >= 15 is 0 Å². The molecule has 1 unspecified atom stereocenters. The number of anilines is 1. The topological polar surface area (TPSA) is 106 Å². The molecule has 3 heterocycles. The summed E-state index contributed by atoms with van der Waals surface area (Å²) >= 11 is 0. The lowest BCUT2D eigenvalue weighted by Gasteiger charge is -2.15. The van der Waals surface area contributed by atoms with E-state index < -0.39 is 30.8 Å². The summed E-state index contributed by atoms with van der Waals surface area (Å²) in [7, 11) is 1.64. The third-order valence-corrected chi connectivity index (χ3v) is 4.50. The van der Waals surface area contributed by atoms with Crippen molar-refractivity contribution < 1.29 is 23.4 Å². The second-order valence-electron chi connectivity index (χ2n) is 6.45. The first kappa shape index (κ1) is 18.9. The first-order valence-electron chi connectivity index (χ1n) is 8.69. The zero-order valence-electron chi connectivity index (χ0n) is 15.2. The van der Waals surface area contributed by atoms with Crippen molar-refractivity contribution in [1.82, 2.24) is 25.2 Å². The number of aromatic nitrogens is 5. The number of aliphatic hydroxyl groups excluding tert-OH is 1. The molecular weight excluding hydrogens is 386 g/mol. The van der Waals surface area contributed by atoms with E-state index in [2.05, 4.69) is 20.4 Å². The summed E-state index contributed by atoms with van der Waals surface area (Å²) in [6.07, 6.45) is -1.69. The van der Waals surface area contributed by atoms with Gasteiger partial charge in [-0.25, -0.2) is 13.6 Å². The number of aryl methyl sites for hydroxylation is 1. The predicted octanol–water partition coefficient (Wildman–Crippen LogP) is 1.73. The van der Waals surface area contributed by atoms with Gasteiger partial charge in [0.15, 0.2) is 6.10 Å². The molecule has 1 aromatic carbocycles. The van der Waals surface area contributed by atoms with Gasteiger partial charge in [-0.2, -0.15) is 4.80 Å². The van der Waals surface area contributed by atoms with Crippen molar-refractivity contribution in [2.45, 2.75) is 12.2 Å². The fourth-order valence-corrected chi connectivity index (χ4v) is 2.97. The zero-order chi connectivity index (χ0) is 20.5. The van der Waals surface area contributed by atoms with Gasteiger partial charge in [0.2, 0.25) is 5.82 Å². The highest BCUT2D eigenvalue weighted by Gasteiger charge is 2.37. The maximum absolute atomic E-state index is 14.7. The molecule has 0 spiro atoms. The molecule has 2 aromatic heterocycles. The van der Waals surface area contributed by atoms with Crippen LogP contribution in [0.4, 0.5) is 19.3 Å². The second-order valence-corrected chi connectivity index (χ2v) is 6.45. The highest BCUT2D eigenvalue weighted by molar-refractivity contribution is 5.90. The zero-order valence-corrected chi connectivity index (χ0v) is 15.2. The van der Waals surface area contributed by atoms with E-state index in [9.17, 15) is 18.7 Å². The Morgan fingerprint density at radius 2 is 2.17 bits per heavy atom. The molecule has 0 aliphatic carbocycles. The molecule has 150 valence electrons. The fraction of sp³-hybridized carbons (Fsp3) is 0.278. The number of amides is 1. The number of cyclic esters (lactones) is 1. The normalized spacial score (nSPS) is 17.4. The summed E-state index contributed by atoms with van der Waals surface area (Å²) in [4.78, 5) is 18.7. The Morgan fingerprint density at radius 1 is 1.34 bits per heavy atom. The molecule has 1 aliphatic heterocycles. The molecule has 1 aliphatic rings. The van der Waals surface area contributed by atoms with Crippen molar-refractivity contribution in [2.24, 2.45) is 7.05 Å². The van der Waals surface area contributed by atoms with Crippen LogP contribution in [0, 0.1) is 5.82 Å². The van der Waals surface area contributed by atoms with Crippen LogP contribution in [0.25, 0.3) is 22.6 Å². The summed E-state index contributed by atoms with van der Waals surface area (Å²) in [5, 5.41) is 21.2. The van der Waals surface area contributed by atoms with E-state index in [1.165, 1.54) is 23.1 Å². The summed E-state index contributed by atoms with van der Waals surface area (Å²) in [5.74, 6) is -0.218. The summed E-state index contributed by atoms with van der Waals surface area (Å²) in [5.41, 5.74) is 1.55. The fourth-order valence-electron chi connectivity index (χ4n) is 2.97. The number of nitrogens with zero attached hydrogens (tertiary/aromatic N) is 6. The van der Waals surface area contributed by atoms with Crippen LogP contribution in [-0.4, -0.2) is 61.8 Å². The lowest BCUT2D eigenvalue weighted by Crippen LogP contribution is -2.32. The minimum Gasteiger partial charge on any atom is -0.441 e. The number of hydrogen-bond acceptors (Lipinski definition) is 7. The molecule has 0 radical (unpaired) electrons. The van der Waals surface area contributed by atoms with E-state index in [0.717, 1.165) is 4.90 Å². The molecule has 9 nitrogen and oxygen atoms in total. The number of alkyl halides is 1. The van der Waals surface area contributed by atoms with Gasteiger partial charge in [0.1, 0.15) is 24.3 Å². The Morgan fingerprint density at radius 3 is 2.79 bits per heavy atom. The summed E-state index contributed by atoms with van der Waals surface area (Å²) < 4.78 is 32.2. The number of hydrogen-bond donors (Lipinski definition) is 1. The number of rotatable bonds is 5. The van der Waals surface area contributed by atoms with Gasteiger partial charge in [-0.1, -0.05) is 6.07 Å². The molecule has 1 saturated heterocycles. The van der Waals surface area contributed by atoms with Gasteiger partial charge >= 0.3 is 6.09 Å². The number of halogens is 2. The van der Waals surface area contributed by atoms with Gasteiger partial charge in [-0.15, -0.1) is 10.2 Å². The monoisotopic (exact) mass is 402 g/mol. The maximum Gasteiger partial charge on any atom is 0.414 e. The molecule has 29 heavy (non-hydrogen) atoms.